The Kier molecular flexibility index (Phi) is 2.36. The van der Waals surface area contributed by atoms with Crippen molar-refractivity contribution in [3.8, 4) is 0 Å². The van der Waals surface area contributed by atoms with Gasteiger partial charge >= 0.3 is 12.1 Å². The first-order valence-corrected chi connectivity index (χ1v) is 5.52. The van der Waals surface area contributed by atoms with Crippen molar-refractivity contribution in [1.29, 1.82) is 0 Å². The molecular formula is C11H17NO4. The Bertz CT molecular complexity index is 333. The van der Waals surface area contributed by atoms with Gasteiger partial charge in [0.05, 0.1) is 5.92 Å². The van der Waals surface area contributed by atoms with Gasteiger partial charge in [0, 0.05) is 12.6 Å². The number of ether oxygens (including phenoxy) is 1. The number of nitrogens with zero attached hydrogens (tertiary/aromatic N) is 1. The molecule has 0 aromatic rings. The van der Waals surface area contributed by atoms with E-state index >= 15 is 0 Å². The van der Waals surface area contributed by atoms with Crippen LogP contribution in [-0.4, -0.2) is 40.3 Å². The standard InChI is InChI=1S/C11H17NO4/c1-11(2,3)16-10(15)12-5-6-4-7(12)8(6)9(13)14/h6-8H,4-5H2,1-3H3,(H,13,14)/t6-,7+,8-/m1/s1. The van der Waals surface area contributed by atoms with Crippen molar-refractivity contribution in [1.82, 2.24) is 4.90 Å². The van der Waals surface area contributed by atoms with Crippen LogP contribution >= 0.6 is 0 Å². The second kappa shape index (κ2) is 3.37. The number of aliphatic carboxylic acids is 1. The maximum absolute atomic E-state index is 11.8. The van der Waals surface area contributed by atoms with Crippen LogP contribution in [0.5, 0.6) is 0 Å². The molecule has 3 atom stereocenters. The summed E-state index contributed by atoms with van der Waals surface area (Å²) in [7, 11) is 0. The van der Waals surface area contributed by atoms with E-state index in [1.54, 1.807) is 25.7 Å². The molecule has 1 saturated carbocycles. The Balaban J connectivity index is 1.99. The fourth-order valence-corrected chi connectivity index (χ4v) is 2.52. The Morgan fingerprint density at radius 2 is 2.00 bits per heavy atom. The third-order valence-corrected chi connectivity index (χ3v) is 3.21. The molecule has 1 amide bonds. The number of fused-ring (bicyclic) bond motifs is 1. The highest BCUT2D eigenvalue weighted by Gasteiger charge is 2.57. The summed E-state index contributed by atoms with van der Waals surface area (Å²) < 4.78 is 5.24. The Labute approximate surface area is 94.4 Å². The van der Waals surface area contributed by atoms with Gasteiger partial charge in [-0.3, -0.25) is 4.79 Å². The zero-order chi connectivity index (χ0) is 12.1. The summed E-state index contributed by atoms with van der Waals surface area (Å²) in [6.07, 6.45) is 0.416. The van der Waals surface area contributed by atoms with E-state index in [1.807, 2.05) is 0 Å². The molecule has 1 N–H and O–H groups in total. The molecule has 2 saturated heterocycles. The fraction of sp³-hybridized carbons (Fsp3) is 0.818. The highest BCUT2D eigenvalue weighted by atomic mass is 16.6. The van der Waals surface area contributed by atoms with Crippen molar-refractivity contribution >= 4 is 12.1 Å². The predicted octanol–water partition coefficient (Wildman–Crippen LogP) is 1.33. The van der Waals surface area contributed by atoms with Crippen LogP contribution in [0.4, 0.5) is 4.79 Å². The van der Waals surface area contributed by atoms with Gasteiger partial charge in [0.25, 0.3) is 0 Å². The third kappa shape index (κ3) is 1.74. The van der Waals surface area contributed by atoms with E-state index in [-0.39, 0.29) is 24.0 Å². The van der Waals surface area contributed by atoms with Crippen molar-refractivity contribution in [3.05, 3.63) is 0 Å². The molecule has 5 nitrogen and oxygen atoms in total. The highest BCUT2D eigenvalue weighted by molar-refractivity contribution is 5.77. The molecule has 0 aromatic carbocycles. The van der Waals surface area contributed by atoms with E-state index in [4.69, 9.17) is 9.84 Å². The lowest BCUT2D eigenvalue weighted by atomic mass is 9.74. The summed E-state index contributed by atoms with van der Waals surface area (Å²) in [5.41, 5.74) is -0.525. The van der Waals surface area contributed by atoms with E-state index in [0.29, 0.717) is 6.54 Å². The van der Waals surface area contributed by atoms with Gasteiger partial charge in [-0.2, -0.15) is 0 Å². The smallest absolute Gasteiger partial charge is 0.410 e. The number of carbonyl (C=O) groups excluding carboxylic acids is 1. The first kappa shape index (κ1) is 11.2. The van der Waals surface area contributed by atoms with Crippen LogP contribution in [0, 0.1) is 11.8 Å². The largest absolute Gasteiger partial charge is 0.481 e. The Hall–Kier alpha value is -1.26. The minimum Gasteiger partial charge on any atom is -0.481 e. The normalized spacial score (nSPS) is 32.2. The van der Waals surface area contributed by atoms with E-state index < -0.39 is 11.6 Å². The molecule has 5 heteroatoms. The topological polar surface area (TPSA) is 66.8 Å². The lowest BCUT2D eigenvalue weighted by molar-refractivity contribution is -0.147. The van der Waals surface area contributed by atoms with E-state index in [9.17, 15) is 9.59 Å². The summed E-state index contributed by atoms with van der Waals surface area (Å²) in [5.74, 6) is -1.06. The van der Waals surface area contributed by atoms with E-state index in [1.165, 1.54) is 0 Å². The third-order valence-electron chi connectivity index (χ3n) is 3.21. The van der Waals surface area contributed by atoms with Crippen LogP contribution in [0.25, 0.3) is 0 Å². The van der Waals surface area contributed by atoms with Crippen molar-refractivity contribution in [2.45, 2.75) is 38.8 Å². The Morgan fingerprint density at radius 3 is 2.44 bits per heavy atom. The number of hydrogen-bond acceptors (Lipinski definition) is 3. The average Bonchev–Trinajstić information content (AvgIpc) is 2.53. The first-order chi connectivity index (χ1) is 7.29. The molecule has 16 heavy (non-hydrogen) atoms. The molecule has 90 valence electrons. The lowest BCUT2D eigenvalue weighted by Gasteiger charge is -2.33. The number of carbonyl (C=O) groups is 2. The van der Waals surface area contributed by atoms with Crippen molar-refractivity contribution < 1.29 is 19.4 Å². The molecule has 0 radical (unpaired) electrons. The minimum atomic E-state index is -0.799. The van der Waals surface area contributed by atoms with Gasteiger partial charge in [-0.1, -0.05) is 0 Å². The maximum Gasteiger partial charge on any atom is 0.410 e. The van der Waals surface area contributed by atoms with Crippen molar-refractivity contribution in [2.24, 2.45) is 11.8 Å². The summed E-state index contributed by atoms with van der Waals surface area (Å²) in [6.45, 7) is 5.94. The van der Waals surface area contributed by atoms with Gasteiger partial charge in [0.15, 0.2) is 0 Å². The average molecular weight is 227 g/mol. The summed E-state index contributed by atoms with van der Waals surface area (Å²) in [6, 6.07) is -0.155. The first-order valence-electron chi connectivity index (χ1n) is 5.52. The molecule has 2 bridgehead atoms. The summed E-state index contributed by atoms with van der Waals surface area (Å²) >= 11 is 0. The molecule has 0 spiro atoms. The number of hydrogen-bond donors (Lipinski definition) is 1. The molecule has 0 unspecified atom stereocenters. The van der Waals surface area contributed by atoms with Crippen LogP contribution in [0.2, 0.25) is 0 Å². The van der Waals surface area contributed by atoms with Gasteiger partial charge in [-0.05, 0) is 33.1 Å². The van der Waals surface area contributed by atoms with Gasteiger partial charge in [-0.15, -0.1) is 0 Å². The van der Waals surface area contributed by atoms with E-state index in [0.717, 1.165) is 6.42 Å². The van der Waals surface area contributed by atoms with Gasteiger partial charge in [0.2, 0.25) is 0 Å². The van der Waals surface area contributed by atoms with E-state index in [2.05, 4.69) is 0 Å². The molecule has 2 aliphatic heterocycles. The molecule has 0 aromatic heterocycles. The molecule has 2 heterocycles. The van der Waals surface area contributed by atoms with Crippen molar-refractivity contribution in [2.75, 3.05) is 6.54 Å². The van der Waals surface area contributed by atoms with Gasteiger partial charge in [-0.25, -0.2) is 4.79 Å². The number of carboxylic acid groups (broad SMARTS) is 1. The fourth-order valence-electron chi connectivity index (χ4n) is 2.52. The molecular weight excluding hydrogens is 210 g/mol. The molecule has 1 aliphatic carbocycles. The molecule has 3 fully saturated rings. The van der Waals surface area contributed by atoms with Crippen LogP contribution in [0.3, 0.4) is 0 Å². The van der Waals surface area contributed by atoms with Crippen LogP contribution in [0.15, 0.2) is 0 Å². The van der Waals surface area contributed by atoms with Gasteiger partial charge in [0.1, 0.15) is 5.60 Å². The number of amides is 1. The zero-order valence-corrected chi connectivity index (χ0v) is 9.77. The second-order valence-corrected chi connectivity index (χ2v) is 5.56. The minimum absolute atomic E-state index is 0.120. The second-order valence-electron chi connectivity index (χ2n) is 5.56. The van der Waals surface area contributed by atoms with Crippen LogP contribution in [0.1, 0.15) is 27.2 Å². The van der Waals surface area contributed by atoms with Gasteiger partial charge < -0.3 is 14.7 Å². The van der Waals surface area contributed by atoms with Crippen LogP contribution in [-0.2, 0) is 9.53 Å². The number of rotatable bonds is 1. The van der Waals surface area contributed by atoms with Crippen molar-refractivity contribution in [3.63, 3.8) is 0 Å². The molecule has 3 rings (SSSR count). The molecule has 3 aliphatic rings. The van der Waals surface area contributed by atoms with Crippen LogP contribution < -0.4 is 0 Å². The number of carboxylic acids is 1. The maximum atomic E-state index is 11.8. The SMILES string of the molecule is CC(C)(C)OC(=O)N1C[C@H]2C[C@H]1[C@@H]2C(=O)O. The lowest BCUT2D eigenvalue weighted by Crippen LogP contribution is -2.46. The quantitative estimate of drug-likeness (QED) is 0.733. The summed E-state index contributed by atoms with van der Waals surface area (Å²) in [4.78, 5) is 24.3. The Morgan fingerprint density at radius 1 is 1.38 bits per heavy atom. The summed E-state index contributed by atoms with van der Waals surface area (Å²) in [5, 5.41) is 8.97. The highest BCUT2D eigenvalue weighted by Crippen LogP contribution is 2.46. The monoisotopic (exact) mass is 227 g/mol. The zero-order valence-electron chi connectivity index (χ0n) is 9.77. The predicted molar refractivity (Wildman–Crippen MR) is 56.0 cm³/mol.